The molecule has 0 unspecified atom stereocenters. The second kappa shape index (κ2) is 6.46. The molecule has 0 aliphatic heterocycles. The Morgan fingerprint density at radius 1 is 1.25 bits per heavy atom. The van der Waals surface area contributed by atoms with Gasteiger partial charge in [-0.1, -0.05) is 12.1 Å². The van der Waals surface area contributed by atoms with Gasteiger partial charge in [0.05, 0.1) is 5.69 Å². The molecular weight excluding hydrogens is 266 g/mol. The van der Waals surface area contributed by atoms with Crippen molar-refractivity contribution in [2.45, 2.75) is 38.3 Å². The number of aryl methyl sites for hydroxylation is 2. The Morgan fingerprint density at radius 2 is 1.90 bits per heavy atom. The predicted octanol–water partition coefficient (Wildman–Crippen LogP) is 3.61. The second-order valence-electron chi connectivity index (χ2n) is 5.16. The highest BCUT2D eigenvalue weighted by molar-refractivity contribution is 7.98. The average Bonchev–Trinajstić information content (AvgIpc) is 2.70. The van der Waals surface area contributed by atoms with Crippen molar-refractivity contribution in [1.82, 2.24) is 15.1 Å². The van der Waals surface area contributed by atoms with Crippen LogP contribution in [0.5, 0.6) is 0 Å². The summed E-state index contributed by atoms with van der Waals surface area (Å²) in [6.45, 7) is 7.28. The third-order valence-corrected chi connectivity index (χ3v) is 4.51. The summed E-state index contributed by atoms with van der Waals surface area (Å²) in [6.07, 6.45) is 2.10. The van der Waals surface area contributed by atoms with E-state index in [2.05, 4.69) is 61.7 Å². The van der Waals surface area contributed by atoms with Crippen LogP contribution in [-0.2, 0) is 13.6 Å². The van der Waals surface area contributed by atoms with Crippen LogP contribution in [0.4, 0.5) is 0 Å². The summed E-state index contributed by atoms with van der Waals surface area (Å²) in [5.74, 6) is 0. The Kier molecular flexibility index (Phi) is 4.89. The van der Waals surface area contributed by atoms with Crippen LogP contribution < -0.4 is 5.32 Å². The van der Waals surface area contributed by atoms with Crippen molar-refractivity contribution in [2.24, 2.45) is 7.05 Å². The van der Waals surface area contributed by atoms with Crippen molar-refractivity contribution in [3.05, 3.63) is 46.8 Å². The molecule has 2 aromatic rings. The second-order valence-corrected chi connectivity index (χ2v) is 6.04. The number of benzene rings is 1. The number of thioether (sulfide) groups is 1. The van der Waals surface area contributed by atoms with Gasteiger partial charge in [-0.2, -0.15) is 5.10 Å². The monoisotopic (exact) mass is 289 g/mol. The first-order valence-electron chi connectivity index (χ1n) is 6.89. The Balaban J connectivity index is 2.02. The molecule has 20 heavy (non-hydrogen) atoms. The summed E-state index contributed by atoms with van der Waals surface area (Å²) in [6, 6.07) is 9.03. The highest BCUT2D eigenvalue weighted by Crippen LogP contribution is 2.21. The van der Waals surface area contributed by atoms with Crippen molar-refractivity contribution in [3.63, 3.8) is 0 Å². The van der Waals surface area contributed by atoms with Crippen LogP contribution in [0.2, 0.25) is 0 Å². The first-order valence-corrected chi connectivity index (χ1v) is 8.11. The minimum Gasteiger partial charge on any atom is -0.306 e. The smallest absolute Gasteiger partial charge is 0.0644 e. The fourth-order valence-corrected chi connectivity index (χ4v) is 2.94. The number of hydrogen-bond donors (Lipinski definition) is 1. The molecule has 0 radical (unpaired) electrons. The summed E-state index contributed by atoms with van der Waals surface area (Å²) in [5, 5.41) is 8.07. The minimum atomic E-state index is 0.309. The zero-order valence-corrected chi connectivity index (χ0v) is 13.7. The van der Waals surface area contributed by atoms with Crippen molar-refractivity contribution in [1.29, 1.82) is 0 Å². The minimum absolute atomic E-state index is 0.309. The Hall–Kier alpha value is -1.26. The number of aromatic nitrogens is 2. The SMILES string of the molecule is CSc1ccc(CN[C@@H](C)c2c(C)nn(C)c2C)cc1. The van der Waals surface area contributed by atoms with Crippen LogP contribution in [0.1, 0.15) is 35.5 Å². The van der Waals surface area contributed by atoms with E-state index in [1.807, 2.05) is 11.7 Å². The number of rotatable bonds is 5. The van der Waals surface area contributed by atoms with E-state index in [0.717, 1.165) is 12.2 Å². The molecule has 1 heterocycles. The quantitative estimate of drug-likeness (QED) is 0.853. The Morgan fingerprint density at radius 3 is 2.40 bits per heavy atom. The van der Waals surface area contributed by atoms with Gasteiger partial charge >= 0.3 is 0 Å². The van der Waals surface area contributed by atoms with Gasteiger partial charge in [0.15, 0.2) is 0 Å². The lowest BCUT2D eigenvalue weighted by Crippen LogP contribution is -2.19. The largest absolute Gasteiger partial charge is 0.306 e. The molecular formula is C16H23N3S. The maximum Gasteiger partial charge on any atom is 0.0644 e. The fraction of sp³-hybridized carbons (Fsp3) is 0.438. The standard InChI is InChI=1S/C16H23N3S/c1-11(16-12(2)18-19(4)13(16)3)17-10-14-6-8-15(20-5)9-7-14/h6-9,11,17H,10H2,1-5H3/t11-/m0/s1. The zero-order chi connectivity index (χ0) is 14.7. The maximum atomic E-state index is 4.48. The molecule has 2 rings (SSSR count). The van der Waals surface area contributed by atoms with Gasteiger partial charge in [0, 0.05) is 35.8 Å². The van der Waals surface area contributed by atoms with Crippen LogP contribution in [-0.4, -0.2) is 16.0 Å². The summed E-state index contributed by atoms with van der Waals surface area (Å²) >= 11 is 1.77. The first kappa shape index (κ1) is 15.1. The van der Waals surface area contributed by atoms with Gasteiger partial charge in [-0.05, 0) is 44.7 Å². The molecule has 0 saturated heterocycles. The Labute approximate surface area is 125 Å². The van der Waals surface area contributed by atoms with Crippen molar-refractivity contribution >= 4 is 11.8 Å². The van der Waals surface area contributed by atoms with E-state index in [0.29, 0.717) is 6.04 Å². The molecule has 0 saturated carbocycles. The lowest BCUT2D eigenvalue weighted by molar-refractivity contribution is 0.568. The maximum absolute atomic E-state index is 4.48. The fourth-order valence-electron chi connectivity index (χ4n) is 2.53. The van der Waals surface area contributed by atoms with Crippen molar-refractivity contribution in [2.75, 3.05) is 6.26 Å². The number of nitrogens with zero attached hydrogens (tertiary/aromatic N) is 2. The van der Waals surface area contributed by atoms with E-state index in [1.165, 1.54) is 21.7 Å². The lowest BCUT2D eigenvalue weighted by Gasteiger charge is -2.15. The summed E-state index contributed by atoms with van der Waals surface area (Å²) in [5.41, 5.74) is 4.98. The van der Waals surface area contributed by atoms with Gasteiger partial charge in [0.1, 0.15) is 0 Å². The van der Waals surface area contributed by atoms with Crippen molar-refractivity contribution < 1.29 is 0 Å². The molecule has 3 nitrogen and oxygen atoms in total. The molecule has 0 amide bonds. The molecule has 0 bridgehead atoms. The third-order valence-electron chi connectivity index (χ3n) is 3.77. The first-order chi connectivity index (χ1) is 9.52. The van der Waals surface area contributed by atoms with E-state index in [1.54, 1.807) is 11.8 Å². The molecule has 0 aliphatic carbocycles. The van der Waals surface area contributed by atoms with Crippen LogP contribution in [0.15, 0.2) is 29.2 Å². The third kappa shape index (κ3) is 3.25. The van der Waals surface area contributed by atoms with E-state index < -0.39 is 0 Å². The summed E-state index contributed by atoms with van der Waals surface area (Å²) in [4.78, 5) is 1.31. The van der Waals surface area contributed by atoms with Crippen molar-refractivity contribution in [3.8, 4) is 0 Å². The lowest BCUT2D eigenvalue weighted by atomic mass is 10.1. The van der Waals surface area contributed by atoms with Gasteiger partial charge in [0.2, 0.25) is 0 Å². The van der Waals surface area contributed by atoms with Gasteiger partial charge in [-0.25, -0.2) is 0 Å². The highest BCUT2D eigenvalue weighted by Gasteiger charge is 2.15. The number of hydrogen-bond acceptors (Lipinski definition) is 3. The summed E-state index contributed by atoms with van der Waals surface area (Å²) < 4.78 is 1.95. The van der Waals surface area contributed by atoms with Crippen LogP contribution in [0.3, 0.4) is 0 Å². The van der Waals surface area contributed by atoms with E-state index in [4.69, 9.17) is 0 Å². The normalized spacial score (nSPS) is 12.7. The molecule has 1 aromatic heterocycles. The van der Waals surface area contributed by atoms with Crippen LogP contribution in [0.25, 0.3) is 0 Å². The van der Waals surface area contributed by atoms with Gasteiger partial charge in [-0.15, -0.1) is 11.8 Å². The molecule has 4 heteroatoms. The molecule has 1 N–H and O–H groups in total. The highest BCUT2D eigenvalue weighted by atomic mass is 32.2. The van der Waals surface area contributed by atoms with E-state index in [9.17, 15) is 0 Å². The molecule has 0 spiro atoms. The van der Waals surface area contributed by atoms with Gasteiger partial charge < -0.3 is 5.32 Å². The number of nitrogens with one attached hydrogen (secondary N) is 1. The average molecular weight is 289 g/mol. The van der Waals surface area contributed by atoms with Crippen LogP contribution in [0, 0.1) is 13.8 Å². The zero-order valence-electron chi connectivity index (χ0n) is 12.9. The summed E-state index contributed by atoms with van der Waals surface area (Å²) in [7, 11) is 2.00. The van der Waals surface area contributed by atoms with Crippen LogP contribution >= 0.6 is 11.8 Å². The molecule has 1 atom stereocenters. The van der Waals surface area contributed by atoms with Gasteiger partial charge in [-0.3, -0.25) is 4.68 Å². The molecule has 0 fully saturated rings. The molecule has 0 aliphatic rings. The van der Waals surface area contributed by atoms with Gasteiger partial charge in [0.25, 0.3) is 0 Å². The van der Waals surface area contributed by atoms with E-state index in [-0.39, 0.29) is 0 Å². The molecule has 108 valence electrons. The topological polar surface area (TPSA) is 29.9 Å². The van der Waals surface area contributed by atoms with E-state index >= 15 is 0 Å². The predicted molar refractivity (Wildman–Crippen MR) is 86.2 cm³/mol. The molecule has 1 aromatic carbocycles. The Bertz CT molecular complexity index is 572.